The summed E-state index contributed by atoms with van der Waals surface area (Å²) in [5.41, 5.74) is 1.56. The molecule has 0 saturated carbocycles. The zero-order valence-corrected chi connectivity index (χ0v) is 10.1. The minimum Gasteiger partial charge on any atom is -0.478 e. The molecule has 1 aromatic carbocycles. The second-order valence-electron chi connectivity index (χ2n) is 4.30. The van der Waals surface area contributed by atoms with E-state index in [-0.39, 0.29) is 5.56 Å². The second kappa shape index (κ2) is 4.60. The Hall–Kier alpha value is -2.57. The molecular formula is C12H13N5O2. The highest BCUT2D eigenvalue weighted by Gasteiger charge is 2.12. The number of nitrogens with zero attached hydrogens (tertiary/aromatic N) is 2. The van der Waals surface area contributed by atoms with Crippen molar-refractivity contribution in [1.29, 1.82) is 0 Å². The van der Waals surface area contributed by atoms with Crippen molar-refractivity contribution in [2.45, 2.75) is 6.42 Å². The van der Waals surface area contributed by atoms with Crippen molar-refractivity contribution in [3.63, 3.8) is 0 Å². The largest absolute Gasteiger partial charge is 0.478 e. The van der Waals surface area contributed by atoms with Crippen molar-refractivity contribution < 1.29 is 9.90 Å². The van der Waals surface area contributed by atoms with Crippen LogP contribution in [0.2, 0.25) is 0 Å². The maximum atomic E-state index is 11.1. The lowest BCUT2D eigenvalue weighted by Crippen LogP contribution is -2.35. The van der Waals surface area contributed by atoms with Gasteiger partial charge in [0.05, 0.1) is 23.0 Å². The highest BCUT2D eigenvalue weighted by atomic mass is 16.4. The van der Waals surface area contributed by atoms with Crippen LogP contribution in [0.25, 0.3) is 10.9 Å². The van der Waals surface area contributed by atoms with E-state index in [1.165, 1.54) is 0 Å². The number of aromatic carboxylic acids is 1. The topological polar surface area (TPSA) is 102 Å². The Morgan fingerprint density at radius 2 is 2.32 bits per heavy atom. The van der Waals surface area contributed by atoms with E-state index < -0.39 is 5.97 Å². The fourth-order valence-corrected chi connectivity index (χ4v) is 2.02. The van der Waals surface area contributed by atoms with Crippen LogP contribution in [0.4, 0.5) is 5.69 Å². The molecule has 0 saturated heterocycles. The second-order valence-corrected chi connectivity index (χ2v) is 4.30. The summed E-state index contributed by atoms with van der Waals surface area (Å²) in [4.78, 5) is 15.4. The van der Waals surface area contributed by atoms with Gasteiger partial charge in [0.2, 0.25) is 0 Å². The van der Waals surface area contributed by atoms with Crippen LogP contribution in [0.3, 0.4) is 0 Å². The van der Waals surface area contributed by atoms with Gasteiger partial charge in [-0.05, 0) is 18.6 Å². The first-order chi connectivity index (χ1) is 9.24. The Morgan fingerprint density at radius 1 is 1.42 bits per heavy atom. The van der Waals surface area contributed by atoms with Gasteiger partial charge in [0.25, 0.3) is 0 Å². The van der Waals surface area contributed by atoms with Crippen LogP contribution in [0, 0.1) is 0 Å². The normalized spacial score (nSPS) is 14.8. The van der Waals surface area contributed by atoms with Crippen LogP contribution in [-0.2, 0) is 0 Å². The molecular weight excluding hydrogens is 246 g/mol. The van der Waals surface area contributed by atoms with Gasteiger partial charge in [-0.15, -0.1) is 0 Å². The Bertz CT molecular complexity index is 661. The van der Waals surface area contributed by atoms with Crippen molar-refractivity contribution >= 4 is 28.5 Å². The third-order valence-corrected chi connectivity index (χ3v) is 2.96. The SMILES string of the molecule is O=C(O)c1cc(NC2=NCCCN2)c2cn[nH]c2c1. The number of hydrogen-bond acceptors (Lipinski definition) is 5. The van der Waals surface area contributed by atoms with Crippen molar-refractivity contribution in [3.8, 4) is 0 Å². The summed E-state index contributed by atoms with van der Waals surface area (Å²) in [6, 6.07) is 3.14. The predicted octanol–water partition coefficient (Wildman–Crippen LogP) is 1.02. The average Bonchev–Trinajstić information content (AvgIpc) is 2.88. The summed E-state index contributed by atoms with van der Waals surface area (Å²) >= 11 is 0. The van der Waals surface area contributed by atoms with Gasteiger partial charge in [0.15, 0.2) is 5.96 Å². The van der Waals surface area contributed by atoms with Gasteiger partial charge in [-0.25, -0.2) is 4.79 Å². The molecule has 1 aliphatic heterocycles. The minimum absolute atomic E-state index is 0.204. The summed E-state index contributed by atoms with van der Waals surface area (Å²) in [6.45, 7) is 1.63. The average molecular weight is 259 g/mol. The van der Waals surface area contributed by atoms with Crippen LogP contribution >= 0.6 is 0 Å². The molecule has 0 radical (unpaired) electrons. The van der Waals surface area contributed by atoms with E-state index in [9.17, 15) is 4.79 Å². The molecule has 0 fully saturated rings. The Labute approximate surface area is 108 Å². The van der Waals surface area contributed by atoms with E-state index >= 15 is 0 Å². The fourth-order valence-electron chi connectivity index (χ4n) is 2.02. The van der Waals surface area contributed by atoms with Crippen LogP contribution in [0.15, 0.2) is 23.3 Å². The predicted molar refractivity (Wildman–Crippen MR) is 71.6 cm³/mol. The van der Waals surface area contributed by atoms with Crippen molar-refractivity contribution in [3.05, 3.63) is 23.9 Å². The lowest BCUT2D eigenvalue weighted by atomic mass is 10.1. The van der Waals surface area contributed by atoms with E-state index in [0.717, 1.165) is 24.9 Å². The number of benzene rings is 1. The van der Waals surface area contributed by atoms with E-state index in [1.54, 1.807) is 18.3 Å². The van der Waals surface area contributed by atoms with Crippen molar-refractivity contribution in [2.24, 2.45) is 4.99 Å². The summed E-state index contributed by atoms with van der Waals surface area (Å²) in [5.74, 6) is -0.311. The van der Waals surface area contributed by atoms with Gasteiger partial charge in [0, 0.05) is 18.5 Å². The zero-order valence-electron chi connectivity index (χ0n) is 10.1. The molecule has 98 valence electrons. The van der Waals surface area contributed by atoms with Crippen LogP contribution in [0.1, 0.15) is 16.8 Å². The maximum Gasteiger partial charge on any atom is 0.335 e. The van der Waals surface area contributed by atoms with Gasteiger partial charge < -0.3 is 15.7 Å². The number of aromatic amines is 1. The molecule has 2 aromatic rings. The molecule has 7 nitrogen and oxygen atoms in total. The summed E-state index contributed by atoms with van der Waals surface area (Å²) in [7, 11) is 0. The number of rotatable bonds is 2. The lowest BCUT2D eigenvalue weighted by Gasteiger charge is -2.16. The highest BCUT2D eigenvalue weighted by Crippen LogP contribution is 2.24. The van der Waals surface area contributed by atoms with Gasteiger partial charge in [0.1, 0.15) is 0 Å². The first-order valence-electron chi connectivity index (χ1n) is 6.00. The third-order valence-electron chi connectivity index (χ3n) is 2.96. The van der Waals surface area contributed by atoms with E-state index in [0.29, 0.717) is 17.2 Å². The molecule has 0 spiro atoms. The molecule has 0 bridgehead atoms. The number of carboxylic acids is 1. The van der Waals surface area contributed by atoms with Crippen molar-refractivity contribution in [2.75, 3.05) is 18.4 Å². The lowest BCUT2D eigenvalue weighted by molar-refractivity contribution is 0.0697. The van der Waals surface area contributed by atoms with Crippen molar-refractivity contribution in [1.82, 2.24) is 15.5 Å². The van der Waals surface area contributed by atoms with E-state index in [2.05, 4.69) is 25.8 Å². The molecule has 0 unspecified atom stereocenters. The number of carbonyl (C=O) groups is 1. The summed E-state index contributed by atoms with van der Waals surface area (Å²) in [6.07, 6.45) is 2.66. The molecule has 2 heterocycles. The van der Waals surface area contributed by atoms with Crippen LogP contribution in [-0.4, -0.2) is 40.3 Å². The first kappa shape index (κ1) is 11.5. The number of aliphatic imine (C=N–C) groups is 1. The van der Waals surface area contributed by atoms with Gasteiger partial charge >= 0.3 is 5.97 Å². The molecule has 1 aromatic heterocycles. The van der Waals surface area contributed by atoms with Crippen LogP contribution < -0.4 is 10.6 Å². The first-order valence-corrected chi connectivity index (χ1v) is 6.00. The quantitative estimate of drug-likeness (QED) is 0.645. The number of guanidine groups is 1. The van der Waals surface area contributed by atoms with E-state index in [4.69, 9.17) is 5.11 Å². The van der Waals surface area contributed by atoms with Gasteiger partial charge in [-0.3, -0.25) is 10.1 Å². The molecule has 0 atom stereocenters. The highest BCUT2D eigenvalue weighted by molar-refractivity contribution is 6.05. The summed E-state index contributed by atoms with van der Waals surface area (Å²) < 4.78 is 0. The number of carboxylic acid groups (broad SMARTS) is 1. The van der Waals surface area contributed by atoms with E-state index in [1.807, 2.05) is 0 Å². The number of H-pyrrole nitrogens is 1. The monoisotopic (exact) mass is 259 g/mol. The molecule has 3 rings (SSSR count). The number of nitrogens with one attached hydrogen (secondary N) is 3. The third kappa shape index (κ3) is 2.22. The number of aromatic nitrogens is 2. The smallest absolute Gasteiger partial charge is 0.335 e. The molecule has 1 aliphatic rings. The molecule has 0 aliphatic carbocycles. The summed E-state index contributed by atoms with van der Waals surface area (Å²) in [5, 5.41) is 22.9. The Balaban J connectivity index is 2.02. The molecule has 19 heavy (non-hydrogen) atoms. The number of fused-ring (bicyclic) bond motifs is 1. The fraction of sp³-hybridized carbons (Fsp3) is 0.250. The Kier molecular flexibility index (Phi) is 2.79. The zero-order chi connectivity index (χ0) is 13.2. The van der Waals surface area contributed by atoms with Crippen LogP contribution in [0.5, 0.6) is 0 Å². The molecule has 4 N–H and O–H groups in total. The maximum absolute atomic E-state index is 11.1. The Morgan fingerprint density at radius 3 is 3.05 bits per heavy atom. The standard InChI is InChI=1S/C12H13N5O2/c18-11(19)7-4-9(8-6-15-17-10(8)5-7)16-12-13-2-1-3-14-12/h4-6H,1-3H2,(H,15,17)(H,18,19)(H2,13,14,16). The molecule has 0 amide bonds. The molecule has 7 heteroatoms. The number of hydrogen-bond donors (Lipinski definition) is 4. The van der Waals surface area contributed by atoms with Gasteiger partial charge in [-0.2, -0.15) is 5.10 Å². The minimum atomic E-state index is -0.974. The van der Waals surface area contributed by atoms with Gasteiger partial charge in [-0.1, -0.05) is 0 Å². The number of anilines is 1.